The second-order valence-electron chi connectivity index (χ2n) is 5.78. The summed E-state index contributed by atoms with van der Waals surface area (Å²) < 4.78 is 1.88. The van der Waals surface area contributed by atoms with E-state index in [4.69, 9.17) is 0 Å². The molecule has 1 atom stereocenters. The zero-order valence-corrected chi connectivity index (χ0v) is 15.1. The maximum atomic E-state index is 12.4. The molecule has 7 nitrogen and oxygen atoms in total. The number of nitrogens with one attached hydrogen (secondary N) is 3. The van der Waals surface area contributed by atoms with Gasteiger partial charge in [-0.05, 0) is 36.9 Å². The summed E-state index contributed by atoms with van der Waals surface area (Å²) in [7, 11) is 0. The maximum Gasteiger partial charge on any atom is 0.277 e. The minimum atomic E-state index is -0.248. The van der Waals surface area contributed by atoms with Crippen LogP contribution in [0.5, 0.6) is 0 Å². The number of carbonyl (C=O) groups excluding carboxylic acids is 1. The molecule has 3 aromatic heterocycles. The normalized spacial score (nSPS) is 17.0. The molecule has 0 spiro atoms. The Balaban J connectivity index is 0.00000182. The van der Waals surface area contributed by atoms with Gasteiger partial charge in [-0.3, -0.25) is 14.6 Å². The van der Waals surface area contributed by atoms with E-state index in [0.717, 1.165) is 36.5 Å². The molecule has 1 aliphatic rings. The number of hydrogen-bond donors (Lipinski definition) is 3. The van der Waals surface area contributed by atoms with Gasteiger partial charge in [-0.2, -0.15) is 10.2 Å². The topological polar surface area (TPSA) is 87.6 Å². The van der Waals surface area contributed by atoms with Crippen LogP contribution in [0, 0.1) is 0 Å². The Morgan fingerprint density at radius 2 is 2.32 bits per heavy atom. The quantitative estimate of drug-likeness (QED) is 0.651. The van der Waals surface area contributed by atoms with Crippen molar-refractivity contribution >= 4 is 35.5 Å². The van der Waals surface area contributed by atoms with Crippen LogP contribution in [0.4, 0.5) is 5.82 Å². The second-order valence-corrected chi connectivity index (χ2v) is 6.73. The molecule has 4 heterocycles. The SMILES string of the molecule is Cl.O=C(Nc1cc(-c2cccs2)[nH]n1)c1ccn(C2CCCNC2)n1. The second kappa shape index (κ2) is 7.81. The average molecular weight is 379 g/mol. The van der Waals surface area contributed by atoms with Crippen molar-refractivity contribution in [3.8, 4) is 10.6 Å². The lowest BCUT2D eigenvalue weighted by molar-refractivity contribution is 0.102. The number of aromatic nitrogens is 4. The van der Waals surface area contributed by atoms with Crippen LogP contribution >= 0.6 is 23.7 Å². The lowest BCUT2D eigenvalue weighted by Gasteiger charge is -2.22. The summed E-state index contributed by atoms with van der Waals surface area (Å²) in [6.07, 6.45) is 4.08. The Hall–Kier alpha value is -2.16. The van der Waals surface area contributed by atoms with Crippen LogP contribution in [0.15, 0.2) is 35.8 Å². The smallest absolute Gasteiger partial charge is 0.277 e. The first-order valence-corrected chi connectivity index (χ1v) is 8.84. The van der Waals surface area contributed by atoms with E-state index in [-0.39, 0.29) is 18.3 Å². The van der Waals surface area contributed by atoms with Crippen LogP contribution in [0.2, 0.25) is 0 Å². The van der Waals surface area contributed by atoms with Crippen molar-refractivity contribution in [1.82, 2.24) is 25.3 Å². The van der Waals surface area contributed by atoms with Crippen LogP contribution in [-0.2, 0) is 0 Å². The summed E-state index contributed by atoms with van der Waals surface area (Å²) in [6, 6.07) is 7.87. The van der Waals surface area contributed by atoms with E-state index in [0.29, 0.717) is 17.6 Å². The number of H-pyrrole nitrogens is 1. The van der Waals surface area contributed by atoms with E-state index in [1.807, 2.05) is 34.5 Å². The monoisotopic (exact) mass is 378 g/mol. The average Bonchev–Trinajstić information content (AvgIpc) is 3.36. The van der Waals surface area contributed by atoms with Gasteiger partial charge >= 0.3 is 0 Å². The summed E-state index contributed by atoms with van der Waals surface area (Å²) in [6.45, 7) is 1.95. The van der Waals surface area contributed by atoms with Gasteiger partial charge in [0.1, 0.15) is 0 Å². The van der Waals surface area contributed by atoms with E-state index >= 15 is 0 Å². The predicted molar refractivity (Wildman–Crippen MR) is 100 cm³/mol. The summed E-state index contributed by atoms with van der Waals surface area (Å²) in [5.41, 5.74) is 1.29. The molecule has 0 saturated carbocycles. The van der Waals surface area contributed by atoms with E-state index in [9.17, 15) is 4.79 Å². The molecule has 0 bridgehead atoms. The van der Waals surface area contributed by atoms with Crippen molar-refractivity contribution in [2.24, 2.45) is 0 Å². The highest BCUT2D eigenvalue weighted by Crippen LogP contribution is 2.24. The first-order valence-electron chi connectivity index (χ1n) is 7.96. The molecule has 0 aromatic carbocycles. The number of hydrogen-bond acceptors (Lipinski definition) is 5. The van der Waals surface area contributed by atoms with Gasteiger partial charge in [-0.1, -0.05) is 6.07 Å². The molecule has 9 heteroatoms. The third-order valence-corrected chi connectivity index (χ3v) is 5.00. The van der Waals surface area contributed by atoms with E-state index in [2.05, 4.69) is 25.9 Å². The summed E-state index contributed by atoms with van der Waals surface area (Å²) in [4.78, 5) is 13.4. The number of thiophene rings is 1. The van der Waals surface area contributed by atoms with Gasteiger partial charge in [0.25, 0.3) is 5.91 Å². The van der Waals surface area contributed by atoms with Crippen LogP contribution in [0.25, 0.3) is 10.6 Å². The largest absolute Gasteiger partial charge is 0.315 e. The highest BCUT2D eigenvalue weighted by Gasteiger charge is 2.18. The molecule has 0 radical (unpaired) electrons. The number of aromatic amines is 1. The maximum absolute atomic E-state index is 12.4. The third kappa shape index (κ3) is 3.92. The molecule has 3 aromatic rings. The van der Waals surface area contributed by atoms with Gasteiger partial charge in [0.2, 0.25) is 0 Å². The Bertz CT molecular complexity index is 821. The van der Waals surface area contributed by atoms with Crippen molar-refractivity contribution < 1.29 is 4.79 Å². The van der Waals surface area contributed by atoms with Crippen molar-refractivity contribution in [3.05, 3.63) is 41.5 Å². The fourth-order valence-corrected chi connectivity index (χ4v) is 3.54. The number of nitrogens with zero attached hydrogens (tertiary/aromatic N) is 3. The van der Waals surface area contributed by atoms with Gasteiger partial charge in [0.15, 0.2) is 11.5 Å². The van der Waals surface area contributed by atoms with E-state index in [1.54, 1.807) is 17.4 Å². The van der Waals surface area contributed by atoms with Crippen LogP contribution in [-0.4, -0.2) is 39.0 Å². The number of carbonyl (C=O) groups is 1. The van der Waals surface area contributed by atoms with Gasteiger partial charge in [0.05, 0.1) is 16.6 Å². The summed E-state index contributed by atoms with van der Waals surface area (Å²) >= 11 is 1.62. The molecule has 25 heavy (non-hydrogen) atoms. The van der Waals surface area contributed by atoms with Crippen LogP contribution in [0.3, 0.4) is 0 Å². The van der Waals surface area contributed by atoms with Gasteiger partial charge in [-0.15, -0.1) is 23.7 Å². The first-order chi connectivity index (χ1) is 11.8. The van der Waals surface area contributed by atoms with Crippen LogP contribution < -0.4 is 10.6 Å². The Labute approximate surface area is 155 Å². The number of halogens is 1. The highest BCUT2D eigenvalue weighted by molar-refractivity contribution is 7.13. The molecule has 4 rings (SSSR count). The molecule has 1 fully saturated rings. The summed E-state index contributed by atoms with van der Waals surface area (Å²) in [5, 5.41) is 19.6. The lowest BCUT2D eigenvalue weighted by atomic mass is 10.1. The third-order valence-electron chi connectivity index (χ3n) is 4.09. The first kappa shape index (κ1) is 17.7. The molecule has 1 unspecified atom stereocenters. The predicted octanol–water partition coefficient (Wildman–Crippen LogP) is 2.93. The number of rotatable bonds is 4. The zero-order chi connectivity index (χ0) is 16.4. The number of anilines is 1. The molecular weight excluding hydrogens is 360 g/mol. The molecule has 1 amide bonds. The fraction of sp³-hybridized carbons (Fsp3) is 0.312. The molecule has 3 N–H and O–H groups in total. The minimum absolute atomic E-state index is 0. The standard InChI is InChI=1S/C16H18N6OS.ClH/c23-16(12-5-7-22(21-12)11-3-1-6-17-10-11)18-15-9-13(19-20-15)14-4-2-8-24-14;/h2,4-5,7-9,11,17H,1,3,6,10H2,(H2,18,19,20,23);1H. The number of piperidine rings is 1. The highest BCUT2D eigenvalue weighted by atomic mass is 35.5. The van der Waals surface area contributed by atoms with Crippen molar-refractivity contribution in [1.29, 1.82) is 0 Å². The van der Waals surface area contributed by atoms with E-state index < -0.39 is 0 Å². The molecule has 0 aliphatic carbocycles. The fourth-order valence-electron chi connectivity index (χ4n) is 2.85. The number of amides is 1. The van der Waals surface area contributed by atoms with Gasteiger partial charge < -0.3 is 10.6 Å². The van der Waals surface area contributed by atoms with Crippen molar-refractivity contribution in [2.45, 2.75) is 18.9 Å². The molecule has 1 aliphatic heterocycles. The van der Waals surface area contributed by atoms with E-state index in [1.165, 1.54) is 0 Å². The minimum Gasteiger partial charge on any atom is -0.315 e. The zero-order valence-electron chi connectivity index (χ0n) is 13.4. The Morgan fingerprint density at radius 1 is 1.40 bits per heavy atom. The molecule has 132 valence electrons. The van der Waals surface area contributed by atoms with Crippen molar-refractivity contribution in [3.63, 3.8) is 0 Å². The lowest BCUT2D eigenvalue weighted by Crippen LogP contribution is -2.32. The van der Waals surface area contributed by atoms with Gasteiger partial charge in [-0.25, -0.2) is 0 Å². The van der Waals surface area contributed by atoms with Crippen LogP contribution in [0.1, 0.15) is 29.4 Å². The summed E-state index contributed by atoms with van der Waals surface area (Å²) in [5.74, 6) is 0.249. The Kier molecular flexibility index (Phi) is 5.52. The van der Waals surface area contributed by atoms with Crippen molar-refractivity contribution in [2.75, 3.05) is 18.4 Å². The molecular formula is C16H19ClN6OS. The molecule has 1 saturated heterocycles. The Morgan fingerprint density at radius 3 is 3.08 bits per heavy atom. The van der Waals surface area contributed by atoms with Gasteiger partial charge in [0, 0.05) is 18.8 Å².